The molecule has 0 bridgehead atoms. The van der Waals surface area contributed by atoms with Crippen LogP contribution in [0.15, 0.2) is 0 Å². The van der Waals surface area contributed by atoms with Crippen molar-refractivity contribution < 1.29 is 0 Å². The Bertz CT molecular complexity index is 155. The molecule has 0 saturated heterocycles. The average molecular weight is 151 g/mol. The van der Waals surface area contributed by atoms with Crippen LogP contribution in [-0.2, 0) is 0 Å². The molecule has 1 aliphatic rings. The first-order chi connectivity index (χ1) is 5.25. The zero-order valence-electron chi connectivity index (χ0n) is 7.51. The molecule has 1 nitrogen and oxygen atoms in total. The van der Waals surface area contributed by atoms with E-state index in [1.54, 1.807) is 0 Å². The minimum atomic E-state index is 0.337. The first kappa shape index (κ1) is 8.59. The van der Waals surface area contributed by atoms with Gasteiger partial charge < -0.3 is 4.85 Å². The van der Waals surface area contributed by atoms with E-state index in [0.29, 0.717) is 17.9 Å². The summed E-state index contributed by atoms with van der Waals surface area (Å²) < 4.78 is 0. The maximum atomic E-state index is 7.05. The Hall–Kier alpha value is -0.510. The summed E-state index contributed by atoms with van der Waals surface area (Å²) in [4.78, 5) is 3.70. The Morgan fingerprint density at radius 3 is 2.36 bits per heavy atom. The zero-order chi connectivity index (χ0) is 8.27. The standard InChI is InChI=1S/C10H17N/c1-8(2)9-6-4-5-7-10(9)11-3/h8-10H,4-7H2,1-2H3. The molecular weight excluding hydrogens is 134 g/mol. The van der Waals surface area contributed by atoms with Crippen molar-refractivity contribution in [2.45, 2.75) is 45.6 Å². The van der Waals surface area contributed by atoms with Crippen molar-refractivity contribution in [3.05, 3.63) is 11.4 Å². The topological polar surface area (TPSA) is 4.36 Å². The Kier molecular flexibility index (Phi) is 2.93. The van der Waals surface area contributed by atoms with Crippen LogP contribution in [0, 0.1) is 18.4 Å². The Balaban J connectivity index is 2.53. The van der Waals surface area contributed by atoms with Gasteiger partial charge in [-0.3, -0.25) is 0 Å². The molecule has 1 heteroatoms. The quantitative estimate of drug-likeness (QED) is 0.507. The van der Waals surface area contributed by atoms with Crippen molar-refractivity contribution in [2.24, 2.45) is 11.8 Å². The maximum absolute atomic E-state index is 7.05. The van der Waals surface area contributed by atoms with Crippen LogP contribution in [0.3, 0.4) is 0 Å². The minimum Gasteiger partial charge on any atom is -0.313 e. The molecule has 0 aliphatic heterocycles. The van der Waals surface area contributed by atoms with Gasteiger partial charge in [0.1, 0.15) is 0 Å². The highest BCUT2D eigenvalue weighted by molar-refractivity contribution is 4.90. The van der Waals surface area contributed by atoms with Crippen molar-refractivity contribution in [3.63, 3.8) is 0 Å². The van der Waals surface area contributed by atoms with Gasteiger partial charge in [-0.25, -0.2) is 6.57 Å². The molecule has 11 heavy (non-hydrogen) atoms. The molecule has 1 saturated carbocycles. The van der Waals surface area contributed by atoms with E-state index in [4.69, 9.17) is 6.57 Å². The summed E-state index contributed by atoms with van der Waals surface area (Å²) in [7, 11) is 0. The smallest absolute Gasteiger partial charge is 0.226 e. The Labute approximate surface area is 69.6 Å². The number of nitrogens with zero attached hydrogens (tertiary/aromatic N) is 1. The van der Waals surface area contributed by atoms with Gasteiger partial charge in [-0.2, -0.15) is 0 Å². The molecule has 1 rings (SSSR count). The third-order valence-electron chi connectivity index (χ3n) is 2.80. The normalized spacial score (nSPS) is 31.8. The molecule has 0 radical (unpaired) electrons. The van der Waals surface area contributed by atoms with E-state index in [-0.39, 0.29) is 0 Å². The predicted molar refractivity (Wildman–Crippen MR) is 47.2 cm³/mol. The van der Waals surface area contributed by atoms with Crippen LogP contribution in [0.4, 0.5) is 0 Å². The molecule has 0 N–H and O–H groups in total. The van der Waals surface area contributed by atoms with E-state index in [0.717, 1.165) is 6.42 Å². The van der Waals surface area contributed by atoms with Crippen molar-refractivity contribution >= 4 is 0 Å². The summed E-state index contributed by atoms with van der Waals surface area (Å²) in [5.74, 6) is 1.38. The van der Waals surface area contributed by atoms with Gasteiger partial charge >= 0.3 is 0 Å². The number of hydrogen-bond donors (Lipinski definition) is 0. The van der Waals surface area contributed by atoms with Crippen LogP contribution < -0.4 is 0 Å². The second-order valence-electron chi connectivity index (χ2n) is 3.89. The van der Waals surface area contributed by atoms with Crippen LogP contribution in [0.1, 0.15) is 39.5 Å². The van der Waals surface area contributed by atoms with E-state index in [1.807, 2.05) is 0 Å². The zero-order valence-corrected chi connectivity index (χ0v) is 7.51. The van der Waals surface area contributed by atoms with E-state index < -0.39 is 0 Å². The van der Waals surface area contributed by atoms with Gasteiger partial charge in [-0.1, -0.05) is 20.3 Å². The third kappa shape index (κ3) is 1.96. The molecule has 0 amide bonds. The van der Waals surface area contributed by atoms with Crippen LogP contribution in [0.2, 0.25) is 0 Å². The molecule has 0 aromatic rings. The first-order valence-corrected chi connectivity index (χ1v) is 4.62. The van der Waals surface area contributed by atoms with Gasteiger partial charge in [0.25, 0.3) is 0 Å². The van der Waals surface area contributed by atoms with E-state index >= 15 is 0 Å². The van der Waals surface area contributed by atoms with Crippen LogP contribution >= 0.6 is 0 Å². The molecule has 1 fully saturated rings. The molecule has 0 aromatic heterocycles. The van der Waals surface area contributed by atoms with Gasteiger partial charge in [0.05, 0.1) is 0 Å². The summed E-state index contributed by atoms with van der Waals surface area (Å²) in [6.45, 7) is 11.5. The summed E-state index contributed by atoms with van der Waals surface area (Å²) in [6, 6.07) is 0.337. The lowest BCUT2D eigenvalue weighted by Gasteiger charge is -2.26. The predicted octanol–water partition coefficient (Wildman–Crippen LogP) is 3.12. The minimum absolute atomic E-state index is 0.337. The van der Waals surface area contributed by atoms with Crippen molar-refractivity contribution in [1.29, 1.82) is 0 Å². The second-order valence-corrected chi connectivity index (χ2v) is 3.89. The third-order valence-corrected chi connectivity index (χ3v) is 2.80. The summed E-state index contributed by atoms with van der Waals surface area (Å²) >= 11 is 0. The molecule has 0 heterocycles. The first-order valence-electron chi connectivity index (χ1n) is 4.62. The summed E-state index contributed by atoms with van der Waals surface area (Å²) in [5, 5.41) is 0. The van der Waals surface area contributed by atoms with E-state index in [1.165, 1.54) is 19.3 Å². The van der Waals surface area contributed by atoms with Gasteiger partial charge in [0.2, 0.25) is 6.04 Å². The van der Waals surface area contributed by atoms with Gasteiger partial charge in [-0.05, 0) is 18.8 Å². The second kappa shape index (κ2) is 3.76. The Morgan fingerprint density at radius 1 is 1.27 bits per heavy atom. The lowest BCUT2D eigenvalue weighted by Crippen LogP contribution is -2.25. The van der Waals surface area contributed by atoms with E-state index in [2.05, 4.69) is 18.7 Å². The van der Waals surface area contributed by atoms with Crippen molar-refractivity contribution in [3.8, 4) is 0 Å². The lowest BCUT2D eigenvalue weighted by molar-refractivity contribution is 0.264. The molecule has 1 aliphatic carbocycles. The lowest BCUT2D eigenvalue weighted by atomic mass is 9.78. The molecular formula is C10H17N. The largest absolute Gasteiger partial charge is 0.313 e. The SMILES string of the molecule is [C-]#[N+]C1CCCCC1C(C)C. The molecule has 62 valence electrons. The highest BCUT2D eigenvalue weighted by Gasteiger charge is 2.31. The van der Waals surface area contributed by atoms with Crippen LogP contribution in [0.25, 0.3) is 4.85 Å². The Morgan fingerprint density at radius 2 is 1.91 bits per heavy atom. The fraction of sp³-hybridized carbons (Fsp3) is 0.900. The fourth-order valence-corrected chi connectivity index (χ4v) is 2.08. The summed E-state index contributed by atoms with van der Waals surface area (Å²) in [6.07, 6.45) is 5.04. The fourth-order valence-electron chi connectivity index (χ4n) is 2.08. The van der Waals surface area contributed by atoms with Gasteiger partial charge in [0.15, 0.2) is 0 Å². The van der Waals surface area contributed by atoms with Gasteiger partial charge in [-0.15, -0.1) is 0 Å². The molecule has 2 unspecified atom stereocenters. The molecule has 2 atom stereocenters. The van der Waals surface area contributed by atoms with E-state index in [9.17, 15) is 0 Å². The van der Waals surface area contributed by atoms with Crippen molar-refractivity contribution in [2.75, 3.05) is 0 Å². The van der Waals surface area contributed by atoms with Crippen LogP contribution in [0.5, 0.6) is 0 Å². The van der Waals surface area contributed by atoms with Gasteiger partial charge in [0, 0.05) is 12.3 Å². The molecule has 0 aromatic carbocycles. The molecule has 0 spiro atoms. The van der Waals surface area contributed by atoms with Crippen molar-refractivity contribution in [1.82, 2.24) is 0 Å². The number of rotatable bonds is 1. The summed E-state index contributed by atoms with van der Waals surface area (Å²) in [5.41, 5.74) is 0. The maximum Gasteiger partial charge on any atom is 0.226 e. The monoisotopic (exact) mass is 151 g/mol. The number of hydrogen-bond acceptors (Lipinski definition) is 0. The average Bonchev–Trinajstić information content (AvgIpc) is 2.04. The highest BCUT2D eigenvalue weighted by Crippen LogP contribution is 2.31. The van der Waals surface area contributed by atoms with Crippen LogP contribution in [-0.4, -0.2) is 6.04 Å². The highest BCUT2D eigenvalue weighted by atomic mass is 14.7.